The van der Waals surface area contributed by atoms with Gasteiger partial charge in [-0.05, 0) is 51.6 Å². The second kappa shape index (κ2) is 11.8. The van der Waals surface area contributed by atoms with Gasteiger partial charge in [0.1, 0.15) is 11.2 Å². The SMILES string of the molecule is c1ccc(-c2nc3c(-c4ccccc4)c4ccccc4c(-c4ccccc4)c3nc2-n2c3cccc4c5cccc6c7ccccc7n(c7cccc2c7c43)c56)cc1. The minimum atomic E-state index is 0.802. The Hall–Kier alpha value is -7.82. The molecule has 0 amide bonds. The van der Waals surface area contributed by atoms with Crippen molar-refractivity contribution in [2.24, 2.45) is 0 Å². The summed E-state index contributed by atoms with van der Waals surface area (Å²) in [4.78, 5) is 11.7. The molecule has 0 saturated heterocycles. The van der Waals surface area contributed by atoms with Crippen LogP contribution in [0, 0.1) is 0 Å². The second-order valence-corrected chi connectivity index (χ2v) is 15.2. The van der Waals surface area contributed by atoms with Gasteiger partial charge in [0, 0.05) is 43.6 Å². The highest BCUT2D eigenvalue weighted by Crippen LogP contribution is 2.47. The zero-order valence-electron chi connectivity index (χ0n) is 31.3. The fourth-order valence-corrected chi connectivity index (χ4v) is 9.90. The molecule has 0 radical (unpaired) electrons. The fourth-order valence-electron chi connectivity index (χ4n) is 9.90. The lowest BCUT2D eigenvalue weighted by atomic mass is 9.89. The molecule has 4 nitrogen and oxygen atoms in total. The second-order valence-electron chi connectivity index (χ2n) is 15.2. The van der Waals surface area contributed by atoms with Crippen LogP contribution >= 0.6 is 0 Å². The Morgan fingerprint density at radius 1 is 0.310 bits per heavy atom. The number of nitrogens with zero attached hydrogens (tertiary/aromatic N) is 4. The van der Waals surface area contributed by atoms with E-state index in [9.17, 15) is 0 Å². The Morgan fingerprint density at radius 2 is 0.759 bits per heavy atom. The first-order valence-corrected chi connectivity index (χ1v) is 19.9. The molecule has 0 aliphatic carbocycles. The van der Waals surface area contributed by atoms with E-state index in [4.69, 9.17) is 9.97 Å². The predicted octanol–water partition coefficient (Wildman–Crippen LogP) is 14.0. The molecule has 0 N–H and O–H groups in total. The number of rotatable bonds is 4. The minimum Gasteiger partial charge on any atom is -0.308 e. The zero-order chi connectivity index (χ0) is 37.9. The molecular formula is C54H32N4. The first-order valence-electron chi connectivity index (χ1n) is 19.9. The fraction of sp³-hybridized carbons (Fsp3) is 0. The Labute approximate surface area is 332 Å². The van der Waals surface area contributed by atoms with Crippen molar-refractivity contribution in [2.75, 3.05) is 0 Å². The van der Waals surface area contributed by atoms with E-state index in [-0.39, 0.29) is 0 Å². The van der Waals surface area contributed by atoms with Crippen LogP contribution in [0.25, 0.3) is 121 Å². The summed E-state index contributed by atoms with van der Waals surface area (Å²) in [6, 6.07) is 69.7. The molecule has 4 heteroatoms. The van der Waals surface area contributed by atoms with E-state index >= 15 is 0 Å². The van der Waals surface area contributed by atoms with Crippen LogP contribution in [-0.2, 0) is 0 Å². The Kier molecular flexibility index (Phi) is 6.41. The van der Waals surface area contributed by atoms with Crippen molar-refractivity contribution >= 4 is 81.7 Å². The largest absolute Gasteiger partial charge is 0.308 e. The van der Waals surface area contributed by atoms with Crippen molar-refractivity contribution < 1.29 is 0 Å². The molecule has 58 heavy (non-hydrogen) atoms. The zero-order valence-corrected chi connectivity index (χ0v) is 31.3. The Balaban J connectivity index is 1.27. The highest BCUT2D eigenvalue weighted by Gasteiger charge is 2.27. The van der Waals surface area contributed by atoms with Crippen molar-refractivity contribution in [3.63, 3.8) is 0 Å². The van der Waals surface area contributed by atoms with E-state index in [1.807, 2.05) is 0 Å². The topological polar surface area (TPSA) is 35.1 Å². The van der Waals surface area contributed by atoms with Gasteiger partial charge in [-0.2, -0.15) is 0 Å². The van der Waals surface area contributed by atoms with E-state index in [1.54, 1.807) is 0 Å². The van der Waals surface area contributed by atoms with E-state index in [0.29, 0.717) is 0 Å². The highest BCUT2D eigenvalue weighted by atomic mass is 15.1. The van der Waals surface area contributed by atoms with E-state index < -0.39 is 0 Å². The van der Waals surface area contributed by atoms with Crippen LogP contribution in [0.3, 0.4) is 0 Å². The molecule has 0 spiro atoms. The van der Waals surface area contributed by atoms with Gasteiger partial charge >= 0.3 is 0 Å². The summed E-state index contributed by atoms with van der Waals surface area (Å²) in [5.74, 6) is 0.802. The molecule has 0 atom stereocenters. The first-order chi connectivity index (χ1) is 28.8. The van der Waals surface area contributed by atoms with Gasteiger partial charge in [-0.15, -0.1) is 0 Å². The molecule has 0 aliphatic heterocycles. The molecule has 4 heterocycles. The van der Waals surface area contributed by atoms with Gasteiger partial charge in [-0.1, -0.05) is 170 Å². The third kappa shape index (κ3) is 4.18. The van der Waals surface area contributed by atoms with Crippen molar-refractivity contribution in [1.82, 2.24) is 18.9 Å². The maximum absolute atomic E-state index is 5.93. The molecule has 0 saturated carbocycles. The van der Waals surface area contributed by atoms with Crippen LogP contribution in [0.4, 0.5) is 0 Å². The predicted molar refractivity (Wildman–Crippen MR) is 242 cm³/mol. The van der Waals surface area contributed by atoms with E-state index in [1.165, 1.54) is 48.9 Å². The molecule has 0 fully saturated rings. The quantitative estimate of drug-likeness (QED) is 0.169. The normalized spacial score (nSPS) is 12.1. The smallest absolute Gasteiger partial charge is 0.165 e. The summed E-state index contributed by atoms with van der Waals surface area (Å²) in [5.41, 5.74) is 13.8. The van der Waals surface area contributed by atoms with Crippen molar-refractivity contribution in [1.29, 1.82) is 0 Å². The molecule has 0 bridgehead atoms. The van der Waals surface area contributed by atoms with Gasteiger partial charge in [-0.25, -0.2) is 9.97 Å². The molecular weight excluding hydrogens is 705 g/mol. The number of fused-ring (bicyclic) bond motifs is 7. The Bertz CT molecular complexity index is 3770. The third-order valence-corrected chi connectivity index (χ3v) is 12.2. The van der Waals surface area contributed by atoms with E-state index in [0.717, 1.165) is 72.2 Å². The molecule has 13 rings (SSSR count). The molecule has 0 aliphatic rings. The molecule has 268 valence electrons. The van der Waals surface area contributed by atoms with Gasteiger partial charge < -0.3 is 4.40 Å². The van der Waals surface area contributed by atoms with E-state index in [2.05, 4.69) is 203 Å². The maximum atomic E-state index is 5.93. The number of aromatic nitrogens is 4. The lowest BCUT2D eigenvalue weighted by molar-refractivity contribution is 1.08. The first kappa shape index (κ1) is 31.4. The summed E-state index contributed by atoms with van der Waals surface area (Å²) in [6.07, 6.45) is 0. The van der Waals surface area contributed by atoms with Crippen LogP contribution in [0.15, 0.2) is 194 Å². The van der Waals surface area contributed by atoms with Gasteiger partial charge in [0.2, 0.25) is 0 Å². The van der Waals surface area contributed by atoms with Crippen LogP contribution < -0.4 is 0 Å². The minimum absolute atomic E-state index is 0.802. The Morgan fingerprint density at radius 3 is 1.43 bits per heavy atom. The van der Waals surface area contributed by atoms with Gasteiger partial charge in [-0.3, -0.25) is 4.57 Å². The summed E-state index contributed by atoms with van der Waals surface area (Å²) in [6.45, 7) is 0. The summed E-state index contributed by atoms with van der Waals surface area (Å²) < 4.78 is 4.87. The molecule has 0 unspecified atom stereocenters. The summed E-state index contributed by atoms with van der Waals surface area (Å²) in [7, 11) is 0. The van der Waals surface area contributed by atoms with Crippen LogP contribution in [0.1, 0.15) is 0 Å². The maximum Gasteiger partial charge on any atom is 0.165 e. The number of para-hydroxylation sites is 2. The highest BCUT2D eigenvalue weighted by molar-refractivity contribution is 6.31. The number of hydrogen-bond acceptors (Lipinski definition) is 2. The van der Waals surface area contributed by atoms with Crippen molar-refractivity contribution in [2.45, 2.75) is 0 Å². The number of hydrogen-bond donors (Lipinski definition) is 0. The monoisotopic (exact) mass is 736 g/mol. The van der Waals surface area contributed by atoms with Gasteiger partial charge in [0.15, 0.2) is 5.82 Å². The van der Waals surface area contributed by atoms with Gasteiger partial charge in [0.05, 0.1) is 33.1 Å². The molecule has 4 aromatic heterocycles. The average molecular weight is 737 g/mol. The van der Waals surface area contributed by atoms with Crippen LogP contribution in [0.5, 0.6) is 0 Å². The van der Waals surface area contributed by atoms with Crippen LogP contribution in [0.2, 0.25) is 0 Å². The lowest BCUT2D eigenvalue weighted by Gasteiger charge is -2.20. The standard InChI is InChI=1S/C54H32N4/c1-4-17-33(18-5-1)46-37-24-10-11-25-38(37)47(34-19-6-2-7-20-34)52-51(46)55-50(35-21-8-3-9-22-35)54(56-52)58-43-30-15-26-39-41-28-14-27-40-36-23-12-13-29-42(36)57(53(40)41)44-31-16-32-45(58)49(44)48(39)43/h1-32H. The van der Waals surface area contributed by atoms with Crippen molar-refractivity contribution in [3.05, 3.63) is 194 Å². The van der Waals surface area contributed by atoms with Crippen molar-refractivity contribution in [3.8, 4) is 39.3 Å². The van der Waals surface area contributed by atoms with Crippen LogP contribution in [-0.4, -0.2) is 18.9 Å². The number of benzene rings is 9. The lowest BCUT2D eigenvalue weighted by Crippen LogP contribution is -2.06. The third-order valence-electron chi connectivity index (χ3n) is 12.2. The molecule has 13 aromatic rings. The summed E-state index contributed by atoms with van der Waals surface area (Å²) in [5, 5.41) is 9.70. The van der Waals surface area contributed by atoms with Gasteiger partial charge in [0.25, 0.3) is 0 Å². The molecule has 9 aromatic carbocycles. The summed E-state index contributed by atoms with van der Waals surface area (Å²) >= 11 is 0. The average Bonchev–Trinajstić information content (AvgIpc) is 3.77.